The third-order valence-corrected chi connectivity index (χ3v) is 9.04. The Balaban J connectivity index is 0.000000347. The van der Waals surface area contributed by atoms with Crippen molar-refractivity contribution in [3.63, 3.8) is 0 Å². The molecule has 263 valence electrons. The minimum atomic E-state index is 0. The van der Waals surface area contributed by atoms with Gasteiger partial charge in [0, 0.05) is 61.7 Å². The average molecular weight is 838 g/mol. The Kier molecular flexibility index (Phi) is 14.5. The van der Waals surface area contributed by atoms with E-state index in [1.54, 1.807) is 0 Å². The van der Waals surface area contributed by atoms with Gasteiger partial charge in [-0.15, -0.1) is 29.1 Å². The van der Waals surface area contributed by atoms with Gasteiger partial charge in [0.2, 0.25) is 5.71 Å². The third kappa shape index (κ3) is 10.2. The molecular weight excluding hydrogens is 785 g/mol. The van der Waals surface area contributed by atoms with Crippen LogP contribution in [-0.4, -0.2) is 20.9 Å². The molecule has 0 fully saturated rings. The molecular formula is C43H53IrN2O3-. The number of aromatic nitrogens is 2. The molecule has 0 atom stereocenters. The first-order chi connectivity index (χ1) is 22.9. The van der Waals surface area contributed by atoms with Crippen molar-refractivity contribution in [2.45, 2.75) is 99.8 Å². The maximum absolute atomic E-state index is 11.7. The monoisotopic (exact) mass is 838 g/mol. The van der Waals surface area contributed by atoms with Gasteiger partial charge in [-0.1, -0.05) is 97.5 Å². The van der Waals surface area contributed by atoms with Gasteiger partial charge < -0.3 is 9.52 Å². The molecule has 0 bridgehead atoms. The fourth-order valence-electron chi connectivity index (χ4n) is 6.14. The molecule has 0 aliphatic rings. The molecule has 0 unspecified atom stereocenters. The Labute approximate surface area is 307 Å². The van der Waals surface area contributed by atoms with Crippen LogP contribution < -0.4 is 0 Å². The number of aliphatic hydroxyl groups is 1. The van der Waals surface area contributed by atoms with Gasteiger partial charge in [0.1, 0.15) is 5.76 Å². The van der Waals surface area contributed by atoms with Crippen LogP contribution in [-0.2, 0) is 36.7 Å². The summed E-state index contributed by atoms with van der Waals surface area (Å²) < 4.78 is 6.02. The number of carbonyl (C=O) groups excluding carboxylic acids is 1. The van der Waals surface area contributed by atoms with Gasteiger partial charge in [0.15, 0.2) is 5.78 Å². The number of carbonyl (C=O) groups is 1. The van der Waals surface area contributed by atoms with Crippen LogP contribution in [0.3, 0.4) is 0 Å². The van der Waals surface area contributed by atoms with Crippen molar-refractivity contribution >= 4 is 27.7 Å². The summed E-state index contributed by atoms with van der Waals surface area (Å²) in [5, 5.41) is 13.2. The van der Waals surface area contributed by atoms with Crippen LogP contribution >= 0.6 is 0 Å². The van der Waals surface area contributed by atoms with Gasteiger partial charge in [0.25, 0.3) is 0 Å². The van der Waals surface area contributed by atoms with Gasteiger partial charge >= 0.3 is 0 Å². The third-order valence-electron chi connectivity index (χ3n) is 9.04. The molecule has 2 aromatic carbocycles. The zero-order valence-electron chi connectivity index (χ0n) is 30.7. The molecule has 3 heterocycles. The van der Waals surface area contributed by atoms with Crippen LogP contribution in [0.25, 0.3) is 44.4 Å². The Bertz CT molecular complexity index is 1860. The molecule has 0 aliphatic carbocycles. The Morgan fingerprint density at radius 1 is 0.898 bits per heavy atom. The number of benzene rings is 2. The maximum atomic E-state index is 11.7. The van der Waals surface area contributed by atoms with Gasteiger partial charge in [-0.25, -0.2) is 4.98 Å². The van der Waals surface area contributed by atoms with Crippen molar-refractivity contribution in [1.29, 1.82) is 0 Å². The summed E-state index contributed by atoms with van der Waals surface area (Å²) in [7, 11) is 0. The van der Waals surface area contributed by atoms with E-state index in [0.717, 1.165) is 71.2 Å². The number of nitrogens with zero attached hydrogens (tertiary/aromatic N) is 2. The maximum Gasteiger partial charge on any atom is 0.226 e. The molecule has 5 nitrogen and oxygen atoms in total. The molecule has 0 saturated carbocycles. The van der Waals surface area contributed by atoms with Crippen LogP contribution in [0.2, 0.25) is 0 Å². The molecule has 1 radical (unpaired) electrons. The Morgan fingerprint density at radius 2 is 1.57 bits per heavy atom. The topological polar surface area (TPSA) is 76.2 Å². The van der Waals surface area contributed by atoms with E-state index in [4.69, 9.17) is 9.40 Å². The number of fused-ring (bicyclic) bond motifs is 2. The normalized spacial score (nSPS) is 12.0. The number of aliphatic hydroxyl groups excluding tert-OH is 1. The SMILES string of the molecule is CC(C)Cc1cc2ccc(-c3ccnc(-c4[c-]c5ccccc5c(C(C)(C)C)c4)c3)nc2o1.CCC(CC)C(=O)/C=C(\O)C(CC)CC.[Ir]. The predicted octanol–water partition coefficient (Wildman–Crippen LogP) is 11.9. The standard InChI is InChI=1S/C30H29N2O.C13H24O2.Ir/c1-19(2)14-24-16-22-10-11-27(32-29(22)33-24)21-12-13-31-28(18-21)23-15-20-8-6-7-9-25(20)26(17-23)30(3,4)5;1-5-10(6-2)12(14)9-13(15)11(7-3)8-4;/h6-13,16-19H,14H2,1-5H3;9-11,14H,5-8H2,1-4H3;/q-1;;/b;12-9-;. The molecule has 0 amide bonds. The van der Waals surface area contributed by atoms with Crippen molar-refractivity contribution in [1.82, 2.24) is 9.97 Å². The van der Waals surface area contributed by atoms with Crippen LogP contribution in [0.15, 0.2) is 83.1 Å². The number of hydrogen-bond donors (Lipinski definition) is 1. The van der Waals surface area contributed by atoms with E-state index < -0.39 is 0 Å². The number of rotatable bonds is 11. The first kappa shape index (κ1) is 39.8. The quantitative estimate of drug-likeness (QED) is 0.0815. The molecule has 3 aromatic heterocycles. The van der Waals surface area contributed by atoms with E-state index >= 15 is 0 Å². The van der Waals surface area contributed by atoms with E-state index in [2.05, 4.69) is 100 Å². The summed E-state index contributed by atoms with van der Waals surface area (Å²) in [4.78, 5) is 21.2. The molecule has 0 saturated heterocycles. The summed E-state index contributed by atoms with van der Waals surface area (Å²) in [6, 6.07) is 24.6. The number of pyridine rings is 2. The minimum absolute atomic E-state index is 0. The molecule has 49 heavy (non-hydrogen) atoms. The second kappa shape index (κ2) is 17.9. The minimum Gasteiger partial charge on any atom is -0.512 e. The molecule has 0 aliphatic heterocycles. The predicted molar refractivity (Wildman–Crippen MR) is 200 cm³/mol. The Hall–Kier alpha value is -3.60. The van der Waals surface area contributed by atoms with Crippen LogP contribution in [0, 0.1) is 23.8 Å². The van der Waals surface area contributed by atoms with Crippen molar-refractivity contribution < 1.29 is 34.4 Å². The van der Waals surface area contributed by atoms with Crippen LogP contribution in [0.5, 0.6) is 0 Å². The van der Waals surface area contributed by atoms with E-state index in [0.29, 0.717) is 11.6 Å². The van der Waals surface area contributed by atoms with Crippen molar-refractivity contribution in [2.75, 3.05) is 0 Å². The number of allylic oxidation sites excluding steroid dienone is 2. The second-order valence-electron chi connectivity index (χ2n) is 14.2. The summed E-state index contributed by atoms with van der Waals surface area (Å²) in [5.41, 5.74) is 5.79. The second-order valence-corrected chi connectivity index (χ2v) is 14.2. The van der Waals surface area contributed by atoms with Gasteiger partial charge in [-0.05, 0) is 66.8 Å². The van der Waals surface area contributed by atoms with Crippen LogP contribution in [0.1, 0.15) is 99.3 Å². The zero-order valence-corrected chi connectivity index (χ0v) is 33.1. The van der Waals surface area contributed by atoms with Crippen LogP contribution in [0.4, 0.5) is 0 Å². The molecule has 1 N–H and O–H groups in total. The summed E-state index contributed by atoms with van der Waals surface area (Å²) in [6.45, 7) is 19.2. The van der Waals surface area contributed by atoms with Gasteiger partial charge in [-0.2, -0.15) is 0 Å². The van der Waals surface area contributed by atoms with Gasteiger partial charge in [0.05, 0.1) is 11.5 Å². The fourth-order valence-corrected chi connectivity index (χ4v) is 6.14. The van der Waals surface area contributed by atoms with Gasteiger partial charge in [-0.3, -0.25) is 9.78 Å². The zero-order chi connectivity index (χ0) is 35.0. The summed E-state index contributed by atoms with van der Waals surface area (Å²) in [5.74, 6) is 2.08. The first-order valence-electron chi connectivity index (χ1n) is 17.6. The average Bonchev–Trinajstić information content (AvgIpc) is 3.46. The van der Waals surface area contributed by atoms with Crippen molar-refractivity contribution in [3.05, 3.63) is 96.1 Å². The fraction of sp³-hybridized carbons (Fsp3) is 0.419. The Morgan fingerprint density at radius 3 is 2.20 bits per heavy atom. The first-order valence-corrected chi connectivity index (χ1v) is 17.6. The number of ketones is 1. The molecule has 5 aromatic rings. The number of hydrogen-bond acceptors (Lipinski definition) is 5. The summed E-state index contributed by atoms with van der Waals surface area (Å²) in [6.07, 6.45) is 7.67. The summed E-state index contributed by atoms with van der Waals surface area (Å²) >= 11 is 0. The van der Waals surface area contributed by atoms with Crippen molar-refractivity contribution in [2.24, 2.45) is 17.8 Å². The number of furan rings is 1. The molecule has 6 heteroatoms. The van der Waals surface area contributed by atoms with E-state index in [-0.39, 0.29) is 48.9 Å². The molecule has 0 spiro atoms. The largest absolute Gasteiger partial charge is 0.512 e. The van der Waals surface area contributed by atoms with E-state index in [1.165, 1.54) is 17.0 Å². The van der Waals surface area contributed by atoms with Crippen molar-refractivity contribution in [3.8, 4) is 22.5 Å². The van der Waals surface area contributed by atoms with E-state index in [9.17, 15) is 9.90 Å². The van der Waals surface area contributed by atoms with E-state index in [1.807, 2.05) is 40.0 Å². The smallest absolute Gasteiger partial charge is 0.226 e. The molecule has 5 rings (SSSR count).